The molecule has 0 unspecified atom stereocenters. The maximum Gasteiger partial charge on any atom is 0.272 e. The van der Waals surface area contributed by atoms with E-state index < -0.39 is 0 Å². The van der Waals surface area contributed by atoms with Crippen LogP contribution in [0.1, 0.15) is 55.5 Å². The Morgan fingerprint density at radius 2 is 1.68 bits per heavy atom. The van der Waals surface area contributed by atoms with Gasteiger partial charge in [-0.25, -0.2) is 9.97 Å². The lowest BCUT2D eigenvalue weighted by molar-refractivity contribution is 0.0749. The first-order valence-corrected chi connectivity index (χ1v) is 9.08. The molecular formula is C20H28N4O. The highest BCUT2D eigenvalue weighted by molar-refractivity contribution is 5.93. The van der Waals surface area contributed by atoms with Crippen molar-refractivity contribution in [3.8, 4) is 0 Å². The Balaban J connectivity index is 2.22. The molecule has 0 bridgehead atoms. The summed E-state index contributed by atoms with van der Waals surface area (Å²) in [5.41, 5.74) is 2.69. The number of aryl methyl sites for hydroxylation is 2. The Morgan fingerprint density at radius 1 is 1.04 bits per heavy atom. The third kappa shape index (κ3) is 5.28. The molecule has 0 spiro atoms. The lowest BCUT2D eigenvalue weighted by atomic mass is 10.1. The minimum atomic E-state index is -0.0291. The Bertz CT molecular complexity index is 691. The molecule has 0 aliphatic carbocycles. The van der Waals surface area contributed by atoms with Gasteiger partial charge in [0.1, 0.15) is 17.3 Å². The molecule has 0 saturated heterocycles. The van der Waals surface area contributed by atoms with Crippen LogP contribution in [0.3, 0.4) is 0 Å². The van der Waals surface area contributed by atoms with Crippen molar-refractivity contribution < 1.29 is 4.79 Å². The first kappa shape index (κ1) is 18.9. The van der Waals surface area contributed by atoms with Crippen LogP contribution in [0.15, 0.2) is 30.3 Å². The van der Waals surface area contributed by atoms with Crippen LogP contribution in [0.25, 0.3) is 0 Å². The molecule has 2 aromatic rings. The number of hydrogen-bond acceptors (Lipinski definition) is 4. The molecule has 1 heterocycles. The summed E-state index contributed by atoms with van der Waals surface area (Å²) < 4.78 is 0. The molecule has 134 valence electrons. The van der Waals surface area contributed by atoms with E-state index in [1.54, 1.807) is 6.07 Å². The number of nitrogens with one attached hydrogen (secondary N) is 1. The van der Waals surface area contributed by atoms with E-state index in [1.165, 1.54) is 5.56 Å². The predicted molar refractivity (Wildman–Crippen MR) is 102 cm³/mol. The van der Waals surface area contributed by atoms with Gasteiger partial charge in [0.25, 0.3) is 5.91 Å². The van der Waals surface area contributed by atoms with Gasteiger partial charge in [0.2, 0.25) is 0 Å². The largest absolute Gasteiger partial charge is 0.340 e. The molecule has 5 nitrogen and oxygen atoms in total. The highest BCUT2D eigenvalue weighted by Gasteiger charge is 2.17. The maximum absolute atomic E-state index is 12.8. The fourth-order valence-corrected chi connectivity index (χ4v) is 2.73. The van der Waals surface area contributed by atoms with Gasteiger partial charge < -0.3 is 10.2 Å². The first-order chi connectivity index (χ1) is 12.1. The van der Waals surface area contributed by atoms with Gasteiger partial charge in [-0.1, -0.05) is 32.9 Å². The maximum atomic E-state index is 12.8. The second kappa shape index (κ2) is 9.16. The van der Waals surface area contributed by atoms with Gasteiger partial charge in [0, 0.05) is 24.8 Å². The number of benzene rings is 1. The summed E-state index contributed by atoms with van der Waals surface area (Å²) in [7, 11) is 0. The summed E-state index contributed by atoms with van der Waals surface area (Å²) in [6, 6.07) is 9.97. The van der Waals surface area contributed by atoms with Crippen LogP contribution < -0.4 is 5.32 Å². The summed E-state index contributed by atoms with van der Waals surface area (Å²) in [6.45, 7) is 9.59. The number of hydrogen-bond donors (Lipinski definition) is 1. The minimum absolute atomic E-state index is 0.0291. The van der Waals surface area contributed by atoms with Gasteiger partial charge in [-0.3, -0.25) is 4.79 Å². The summed E-state index contributed by atoms with van der Waals surface area (Å²) in [4.78, 5) is 23.4. The van der Waals surface area contributed by atoms with Gasteiger partial charge in [-0.2, -0.15) is 0 Å². The third-order valence-corrected chi connectivity index (χ3v) is 3.97. The van der Waals surface area contributed by atoms with Crippen molar-refractivity contribution in [1.82, 2.24) is 14.9 Å². The van der Waals surface area contributed by atoms with Crippen LogP contribution >= 0.6 is 0 Å². The molecule has 1 amide bonds. The number of nitrogens with zero attached hydrogens (tertiary/aromatic N) is 3. The fourth-order valence-electron chi connectivity index (χ4n) is 2.73. The van der Waals surface area contributed by atoms with Crippen LogP contribution in [-0.2, 0) is 6.42 Å². The molecule has 1 aromatic carbocycles. The molecule has 0 atom stereocenters. The third-order valence-electron chi connectivity index (χ3n) is 3.97. The van der Waals surface area contributed by atoms with Crippen molar-refractivity contribution in [2.45, 2.75) is 47.0 Å². The van der Waals surface area contributed by atoms with E-state index in [9.17, 15) is 4.79 Å². The van der Waals surface area contributed by atoms with Crippen molar-refractivity contribution in [2.75, 3.05) is 18.4 Å². The molecule has 0 saturated carbocycles. The number of rotatable bonds is 8. The highest BCUT2D eigenvalue weighted by atomic mass is 16.2. The van der Waals surface area contributed by atoms with Gasteiger partial charge in [0.15, 0.2) is 0 Å². The molecule has 0 aliphatic rings. The Hall–Kier alpha value is -2.43. The summed E-state index contributed by atoms with van der Waals surface area (Å²) in [6.07, 6.45) is 2.88. The Labute approximate surface area is 150 Å². The standard InChI is InChI=1S/C20H28N4O/c1-5-12-24(13-6-2)20(25)18-14-19(22-15(4)21-18)23-17-10-8-16(7-3)9-11-17/h8-11,14H,5-7,12-13H2,1-4H3,(H,21,22,23). The summed E-state index contributed by atoms with van der Waals surface area (Å²) in [5, 5.41) is 3.27. The van der Waals surface area contributed by atoms with E-state index in [-0.39, 0.29) is 5.91 Å². The Kier molecular flexibility index (Phi) is 6.92. The normalized spacial score (nSPS) is 10.6. The average Bonchev–Trinajstić information content (AvgIpc) is 2.61. The van der Waals surface area contributed by atoms with E-state index in [1.807, 2.05) is 24.0 Å². The van der Waals surface area contributed by atoms with Crippen molar-refractivity contribution in [1.29, 1.82) is 0 Å². The number of aromatic nitrogens is 2. The smallest absolute Gasteiger partial charge is 0.272 e. The van der Waals surface area contributed by atoms with Gasteiger partial charge in [-0.15, -0.1) is 0 Å². The monoisotopic (exact) mass is 340 g/mol. The van der Waals surface area contributed by atoms with Crippen LogP contribution in [-0.4, -0.2) is 33.9 Å². The number of anilines is 2. The van der Waals surface area contributed by atoms with Crippen molar-refractivity contribution in [3.05, 3.63) is 47.4 Å². The molecule has 5 heteroatoms. The van der Waals surface area contributed by atoms with Gasteiger partial charge in [-0.05, 0) is 43.9 Å². The lowest BCUT2D eigenvalue weighted by Crippen LogP contribution is -2.33. The van der Waals surface area contributed by atoms with E-state index in [2.05, 4.69) is 48.2 Å². The van der Waals surface area contributed by atoms with Crippen LogP contribution in [0.4, 0.5) is 11.5 Å². The number of carbonyl (C=O) groups excluding carboxylic acids is 1. The van der Waals surface area contributed by atoms with Crippen LogP contribution in [0, 0.1) is 6.92 Å². The lowest BCUT2D eigenvalue weighted by Gasteiger charge is -2.21. The van der Waals surface area contributed by atoms with Gasteiger partial charge in [0.05, 0.1) is 0 Å². The molecule has 2 rings (SSSR count). The predicted octanol–water partition coefficient (Wildman–Crippen LogP) is 4.35. The number of amides is 1. The summed E-state index contributed by atoms with van der Waals surface area (Å²) >= 11 is 0. The molecule has 1 aromatic heterocycles. The molecule has 0 radical (unpaired) electrons. The summed E-state index contributed by atoms with van der Waals surface area (Å²) in [5.74, 6) is 1.21. The van der Waals surface area contributed by atoms with Crippen LogP contribution in [0.5, 0.6) is 0 Å². The SMILES string of the molecule is CCCN(CCC)C(=O)c1cc(Nc2ccc(CC)cc2)nc(C)n1. The quantitative estimate of drug-likeness (QED) is 0.776. The van der Waals surface area contributed by atoms with Crippen molar-refractivity contribution >= 4 is 17.4 Å². The minimum Gasteiger partial charge on any atom is -0.340 e. The van der Waals surface area contributed by atoms with Crippen molar-refractivity contribution in [3.63, 3.8) is 0 Å². The van der Waals surface area contributed by atoms with Crippen LogP contribution in [0.2, 0.25) is 0 Å². The average molecular weight is 340 g/mol. The highest BCUT2D eigenvalue weighted by Crippen LogP contribution is 2.17. The van der Waals surface area contributed by atoms with E-state index in [4.69, 9.17) is 0 Å². The zero-order valence-corrected chi connectivity index (χ0v) is 15.7. The topological polar surface area (TPSA) is 58.1 Å². The van der Waals surface area contributed by atoms with Crippen molar-refractivity contribution in [2.24, 2.45) is 0 Å². The van der Waals surface area contributed by atoms with E-state index >= 15 is 0 Å². The van der Waals surface area contributed by atoms with E-state index in [0.29, 0.717) is 17.3 Å². The molecule has 0 fully saturated rings. The van der Waals surface area contributed by atoms with Gasteiger partial charge >= 0.3 is 0 Å². The molecule has 25 heavy (non-hydrogen) atoms. The zero-order valence-electron chi connectivity index (χ0n) is 15.7. The number of carbonyl (C=O) groups is 1. The Morgan fingerprint density at radius 3 is 2.24 bits per heavy atom. The first-order valence-electron chi connectivity index (χ1n) is 9.08. The fraction of sp³-hybridized carbons (Fsp3) is 0.450. The molecule has 1 N–H and O–H groups in total. The second-order valence-electron chi connectivity index (χ2n) is 6.15. The zero-order chi connectivity index (χ0) is 18.2. The molecular weight excluding hydrogens is 312 g/mol. The second-order valence-corrected chi connectivity index (χ2v) is 6.15. The molecule has 0 aliphatic heterocycles. The van der Waals surface area contributed by atoms with E-state index in [0.717, 1.165) is 38.0 Å².